The Balaban J connectivity index is 1.53. The summed E-state index contributed by atoms with van der Waals surface area (Å²) >= 11 is 3.37. The van der Waals surface area contributed by atoms with E-state index >= 15 is 0 Å². The molecule has 1 aromatic carbocycles. The number of hydrogen-bond acceptors (Lipinski definition) is 4. The number of halogens is 1. The van der Waals surface area contributed by atoms with Crippen molar-refractivity contribution in [1.29, 1.82) is 0 Å². The highest BCUT2D eigenvalue weighted by Crippen LogP contribution is 2.23. The van der Waals surface area contributed by atoms with Gasteiger partial charge in [0.2, 0.25) is 17.7 Å². The van der Waals surface area contributed by atoms with E-state index in [9.17, 15) is 14.4 Å². The number of benzene rings is 1. The molecule has 0 aliphatic carbocycles. The summed E-state index contributed by atoms with van der Waals surface area (Å²) in [6.45, 7) is 0.597. The van der Waals surface area contributed by atoms with Gasteiger partial charge in [0, 0.05) is 24.5 Å². The van der Waals surface area contributed by atoms with Gasteiger partial charge < -0.3 is 19.5 Å². The maximum absolute atomic E-state index is 12.6. The molecule has 2 aromatic rings. The maximum atomic E-state index is 12.6. The Morgan fingerprint density at radius 2 is 2.07 bits per heavy atom. The Hall–Kier alpha value is -2.61. The fraction of sp³-hybridized carbons (Fsp3) is 0.316. The lowest BCUT2D eigenvalue weighted by atomic mass is 10.1. The van der Waals surface area contributed by atoms with E-state index in [1.54, 1.807) is 36.4 Å². The number of likely N-dealkylation sites (tertiary alicyclic amines) is 1. The second-order valence-corrected chi connectivity index (χ2v) is 7.33. The van der Waals surface area contributed by atoms with E-state index in [1.165, 1.54) is 4.90 Å². The highest BCUT2D eigenvalue weighted by atomic mass is 79.9. The molecule has 1 aliphatic heterocycles. The van der Waals surface area contributed by atoms with Gasteiger partial charge in [0.25, 0.3) is 0 Å². The molecule has 1 fully saturated rings. The van der Waals surface area contributed by atoms with Gasteiger partial charge in [-0.05, 0) is 40.2 Å². The summed E-state index contributed by atoms with van der Waals surface area (Å²) in [5, 5.41) is 2.76. The molecular formula is C19H20BrN3O4. The van der Waals surface area contributed by atoms with Crippen LogP contribution in [0.15, 0.2) is 51.6 Å². The molecule has 1 aromatic heterocycles. The number of furan rings is 1. The number of nitrogens with one attached hydrogen (secondary N) is 1. The van der Waals surface area contributed by atoms with Gasteiger partial charge in [0.15, 0.2) is 0 Å². The number of rotatable bonds is 6. The van der Waals surface area contributed by atoms with Crippen LogP contribution >= 0.6 is 15.9 Å². The van der Waals surface area contributed by atoms with E-state index < -0.39 is 5.92 Å². The number of nitrogens with zero attached hydrogens (tertiary/aromatic N) is 2. The number of likely N-dealkylation sites (N-methyl/N-ethyl adjacent to an activating group) is 1. The lowest BCUT2D eigenvalue weighted by Crippen LogP contribution is -2.39. The minimum atomic E-state index is -0.450. The molecule has 142 valence electrons. The van der Waals surface area contributed by atoms with Crippen molar-refractivity contribution < 1.29 is 18.8 Å². The third kappa shape index (κ3) is 4.77. The Kier molecular flexibility index (Phi) is 5.95. The molecule has 0 saturated carbocycles. The standard InChI is InChI=1S/C19H20BrN3O4/c1-22(12-17(24)21-16-7-3-2-6-15(16)20)19(26)13-9-18(25)23(10-13)11-14-5-4-8-27-14/h2-8,13H,9-12H2,1H3,(H,21,24). The van der Waals surface area contributed by atoms with Gasteiger partial charge in [0.1, 0.15) is 5.76 Å². The fourth-order valence-electron chi connectivity index (χ4n) is 3.04. The van der Waals surface area contributed by atoms with E-state index in [0.717, 1.165) is 4.47 Å². The molecule has 2 heterocycles. The quantitative estimate of drug-likeness (QED) is 0.758. The Morgan fingerprint density at radius 1 is 1.30 bits per heavy atom. The first-order chi connectivity index (χ1) is 12.9. The topological polar surface area (TPSA) is 82.9 Å². The molecule has 8 heteroatoms. The van der Waals surface area contributed by atoms with Crippen LogP contribution in [0.1, 0.15) is 12.2 Å². The Morgan fingerprint density at radius 3 is 2.78 bits per heavy atom. The SMILES string of the molecule is CN(CC(=O)Nc1ccccc1Br)C(=O)C1CC(=O)N(Cc2ccco2)C1. The maximum Gasteiger partial charge on any atom is 0.244 e. The lowest BCUT2D eigenvalue weighted by Gasteiger charge is -2.21. The second-order valence-electron chi connectivity index (χ2n) is 6.48. The molecule has 7 nitrogen and oxygen atoms in total. The average molecular weight is 434 g/mol. The van der Waals surface area contributed by atoms with Gasteiger partial charge in [-0.25, -0.2) is 0 Å². The van der Waals surface area contributed by atoms with Gasteiger partial charge >= 0.3 is 0 Å². The normalized spacial score (nSPS) is 16.4. The van der Waals surface area contributed by atoms with Gasteiger partial charge in [0.05, 0.1) is 31.0 Å². The minimum Gasteiger partial charge on any atom is -0.467 e. The molecule has 1 N–H and O–H groups in total. The fourth-order valence-corrected chi connectivity index (χ4v) is 3.42. The molecule has 3 rings (SSSR count). The van der Waals surface area contributed by atoms with E-state index in [1.807, 2.05) is 18.2 Å². The van der Waals surface area contributed by atoms with Crippen molar-refractivity contribution in [1.82, 2.24) is 9.80 Å². The zero-order valence-electron chi connectivity index (χ0n) is 14.9. The van der Waals surface area contributed by atoms with Crippen LogP contribution in [0.25, 0.3) is 0 Å². The zero-order valence-corrected chi connectivity index (χ0v) is 16.4. The van der Waals surface area contributed by atoms with Crippen molar-refractivity contribution in [2.75, 3.05) is 25.5 Å². The zero-order chi connectivity index (χ0) is 19.4. The summed E-state index contributed by atoms with van der Waals surface area (Å²) in [7, 11) is 1.57. The molecule has 0 bridgehead atoms. The van der Waals surface area contributed by atoms with Crippen molar-refractivity contribution in [2.24, 2.45) is 5.92 Å². The van der Waals surface area contributed by atoms with Gasteiger partial charge in [-0.2, -0.15) is 0 Å². The highest BCUT2D eigenvalue weighted by Gasteiger charge is 2.36. The van der Waals surface area contributed by atoms with Crippen molar-refractivity contribution in [3.63, 3.8) is 0 Å². The van der Waals surface area contributed by atoms with E-state index in [2.05, 4.69) is 21.2 Å². The molecule has 27 heavy (non-hydrogen) atoms. The predicted molar refractivity (Wildman–Crippen MR) is 103 cm³/mol. The number of anilines is 1. The van der Waals surface area contributed by atoms with E-state index in [0.29, 0.717) is 24.5 Å². The summed E-state index contributed by atoms with van der Waals surface area (Å²) in [6, 6.07) is 10.8. The monoisotopic (exact) mass is 433 g/mol. The van der Waals surface area contributed by atoms with Crippen LogP contribution in [-0.4, -0.2) is 47.7 Å². The molecule has 3 amide bonds. The Labute approximate surface area is 165 Å². The molecule has 1 aliphatic rings. The first-order valence-corrected chi connectivity index (χ1v) is 9.33. The van der Waals surface area contributed by atoms with Crippen molar-refractivity contribution in [2.45, 2.75) is 13.0 Å². The molecule has 0 radical (unpaired) electrons. The van der Waals surface area contributed by atoms with Crippen molar-refractivity contribution in [3.05, 3.63) is 52.9 Å². The van der Waals surface area contributed by atoms with Gasteiger partial charge in [-0.1, -0.05) is 12.1 Å². The van der Waals surface area contributed by atoms with Crippen LogP contribution in [0.3, 0.4) is 0 Å². The number of carbonyl (C=O) groups is 3. The van der Waals surface area contributed by atoms with E-state index in [4.69, 9.17) is 4.42 Å². The van der Waals surface area contributed by atoms with Crippen LogP contribution < -0.4 is 5.32 Å². The van der Waals surface area contributed by atoms with Crippen LogP contribution in [0, 0.1) is 5.92 Å². The van der Waals surface area contributed by atoms with Crippen LogP contribution in [0.5, 0.6) is 0 Å². The smallest absolute Gasteiger partial charge is 0.244 e. The summed E-state index contributed by atoms with van der Waals surface area (Å²) in [5.41, 5.74) is 0.643. The molecule has 0 spiro atoms. The third-order valence-corrected chi connectivity index (χ3v) is 5.09. The molecule has 1 atom stereocenters. The Bertz CT molecular complexity index is 837. The first kappa shape index (κ1) is 19.2. The number of carbonyl (C=O) groups excluding carboxylic acids is 3. The number of amides is 3. The summed E-state index contributed by atoms with van der Waals surface area (Å²) in [4.78, 5) is 40.0. The number of hydrogen-bond donors (Lipinski definition) is 1. The highest BCUT2D eigenvalue weighted by molar-refractivity contribution is 9.10. The van der Waals surface area contributed by atoms with Crippen molar-refractivity contribution >= 4 is 39.3 Å². The number of para-hydroxylation sites is 1. The van der Waals surface area contributed by atoms with Crippen LogP contribution in [-0.2, 0) is 20.9 Å². The minimum absolute atomic E-state index is 0.0803. The third-order valence-electron chi connectivity index (χ3n) is 4.40. The van der Waals surface area contributed by atoms with Gasteiger partial charge in [-0.3, -0.25) is 14.4 Å². The largest absolute Gasteiger partial charge is 0.467 e. The van der Waals surface area contributed by atoms with Crippen molar-refractivity contribution in [3.8, 4) is 0 Å². The molecule has 1 saturated heterocycles. The molecule has 1 unspecified atom stereocenters. The summed E-state index contributed by atoms with van der Waals surface area (Å²) in [5.74, 6) is -0.371. The second kappa shape index (κ2) is 8.39. The summed E-state index contributed by atoms with van der Waals surface area (Å²) < 4.78 is 6.03. The van der Waals surface area contributed by atoms with E-state index in [-0.39, 0.29) is 30.7 Å². The van der Waals surface area contributed by atoms with Crippen LogP contribution in [0.2, 0.25) is 0 Å². The van der Waals surface area contributed by atoms with Gasteiger partial charge in [-0.15, -0.1) is 0 Å². The first-order valence-electron chi connectivity index (χ1n) is 8.53. The van der Waals surface area contributed by atoms with Crippen LogP contribution in [0.4, 0.5) is 5.69 Å². The molecular weight excluding hydrogens is 414 g/mol. The average Bonchev–Trinajstić information content (AvgIpc) is 3.27. The summed E-state index contributed by atoms with van der Waals surface area (Å²) in [6.07, 6.45) is 1.70. The lowest BCUT2D eigenvalue weighted by molar-refractivity contribution is -0.137. The predicted octanol–water partition coefficient (Wildman–Crippen LogP) is 2.49.